The molecule has 4 heterocycles. The normalized spacial score (nSPS) is 23.4. The summed E-state index contributed by atoms with van der Waals surface area (Å²) in [5.74, 6) is 1.02. The van der Waals surface area contributed by atoms with Crippen molar-refractivity contribution < 1.29 is 14.2 Å². The van der Waals surface area contributed by atoms with Gasteiger partial charge >= 0.3 is 0 Å². The number of methoxy groups -OCH3 is 1. The van der Waals surface area contributed by atoms with Gasteiger partial charge in [-0.15, -0.1) is 6.58 Å². The van der Waals surface area contributed by atoms with Crippen molar-refractivity contribution in [3.63, 3.8) is 0 Å². The van der Waals surface area contributed by atoms with Crippen molar-refractivity contribution in [1.82, 2.24) is 24.7 Å². The maximum Gasteiger partial charge on any atom is 0.147 e. The van der Waals surface area contributed by atoms with Crippen LogP contribution in [0.3, 0.4) is 0 Å². The minimum absolute atomic E-state index is 0.104. The van der Waals surface area contributed by atoms with Crippen LogP contribution in [0.5, 0.6) is 5.75 Å². The molecule has 1 saturated heterocycles. The zero-order chi connectivity index (χ0) is 21.4. The van der Waals surface area contributed by atoms with Gasteiger partial charge in [-0.25, -0.2) is 9.97 Å². The summed E-state index contributed by atoms with van der Waals surface area (Å²) in [7, 11) is 1.67. The van der Waals surface area contributed by atoms with Crippen LogP contribution in [0.4, 0.5) is 5.82 Å². The molecule has 0 bridgehead atoms. The zero-order valence-corrected chi connectivity index (χ0v) is 17.0. The van der Waals surface area contributed by atoms with E-state index in [9.17, 15) is 0 Å². The Morgan fingerprint density at radius 3 is 3.00 bits per heavy atom. The molecule has 5 rings (SSSR count). The van der Waals surface area contributed by atoms with Crippen LogP contribution in [-0.4, -0.2) is 50.7 Å². The quantitative estimate of drug-likeness (QED) is 0.476. The molecule has 0 amide bonds. The fraction of sp³-hybridized carbons (Fsp3) is 0.273. The van der Waals surface area contributed by atoms with Gasteiger partial charge in [-0.05, 0) is 24.3 Å². The Labute approximate surface area is 178 Å². The van der Waals surface area contributed by atoms with E-state index in [1.54, 1.807) is 13.3 Å². The van der Waals surface area contributed by atoms with E-state index >= 15 is 0 Å². The first-order valence-corrected chi connectivity index (χ1v) is 9.91. The third kappa shape index (κ3) is 3.37. The number of nitrogens with zero attached hydrogens (tertiary/aromatic N) is 5. The van der Waals surface area contributed by atoms with Gasteiger partial charge in [-0.3, -0.25) is 0 Å². The Bertz CT molecular complexity index is 1240. The van der Waals surface area contributed by atoms with E-state index in [-0.39, 0.29) is 24.4 Å². The van der Waals surface area contributed by atoms with Crippen LogP contribution in [0.15, 0.2) is 61.7 Å². The van der Waals surface area contributed by atoms with E-state index in [1.807, 2.05) is 47.2 Å². The van der Waals surface area contributed by atoms with Crippen LogP contribution in [0.1, 0.15) is 6.23 Å². The summed E-state index contributed by atoms with van der Waals surface area (Å²) in [6.45, 7) is 4.31. The summed E-state index contributed by atoms with van der Waals surface area (Å²) in [5.41, 5.74) is 7.46. The molecular weight excluding hydrogens is 396 g/mol. The highest BCUT2D eigenvalue weighted by Gasteiger charge is 2.45. The smallest absolute Gasteiger partial charge is 0.147 e. The summed E-state index contributed by atoms with van der Waals surface area (Å²) >= 11 is 0. The molecule has 0 spiro atoms. The van der Waals surface area contributed by atoms with Gasteiger partial charge in [0, 0.05) is 24.8 Å². The fourth-order valence-corrected chi connectivity index (χ4v) is 4.13. The van der Waals surface area contributed by atoms with Crippen LogP contribution in [0, 0.1) is 5.92 Å². The van der Waals surface area contributed by atoms with Gasteiger partial charge in [-0.1, -0.05) is 6.08 Å². The Morgan fingerprint density at radius 2 is 2.16 bits per heavy atom. The lowest BCUT2D eigenvalue weighted by molar-refractivity contribution is -0.0464. The molecule has 158 valence electrons. The number of benzene rings is 1. The number of hydrogen-bond acceptors (Lipinski definition) is 8. The van der Waals surface area contributed by atoms with Crippen molar-refractivity contribution in [2.24, 2.45) is 5.92 Å². The van der Waals surface area contributed by atoms with Crippen LogP contribution < -0.4 is 10.5 Å². The van der Waals surface area contributed by atoms with Gasteiger partial charge < -0.3 is 24.5 Å². The van der Waals surface area contributed by atoms with Crippen molar-refractivity contribution in [2.75, 3.05) is 19.5 Å². The van der Waals surface area contributed by atoms with Gasteiger partial charge in [0.2, 0.25) is 0 Å². The molecular formula is C22H22N6O3. The molecule has 9 heteroatoms. The Hall–Kier alpha value is -3.56. The molecule has 9 nitrogen and oxygen atoms in total. The Kier molecular flexibility index (Phi) is 4.97. The molecule has 1 fully saturated rings. The molecule has 2 N–H and O–H groups in total. The van der Waals surface area contributed by atoms with Gasteiger partial charge in [0.1, 0.15) is 42.5 Å². The molecule has 1 aliphatic rings. The summed E-state index contributed by atoms with van der Waals surface area (Å²) < 4.78 is 20.1. The SMILES string of the molecule is C=C[C@@H]1[C@H](OC)[C@@H](COc2ccc3ccnnc3c2)O[C@H]1n1ccc2c(N)ncnc21. The van der Waals surface area contributed by atoms with Crippen LogP contribution in [0.25, 0.3) is 21.9 Å². The molecule has 4 aromatic rings. The molecule has 3 aromatic heterocycles. The molecule has 1 aliphatic heterocycles. The van der Waals surface area contributed by atoms with Crippen molar-refractivity contribution >= 4 is 27.8 Å². The van der Waals surface area contributed by atoms with Gasteiger partial charge in [0.15, 0.2) is 0 Å². The van der Waals surface area contributed by atoms with E-state index in [0.29, 0.717) is 23.8 Å². The molecule has 1 aromatic carbocycles. The lowest BCUT2D eigenvalue weighted by Gasteiger charge is -2.20. The van der Waals surface area contributed by atoms with E-state index < -0.39 is 0 Å². The number of nitrogens with two attached hydrogens (primary N) is 1. The Morgan fingerprint density at radius 1 is 1.26 bits per heavy atom. The van der Waals surface area contributed by atoms with E-state index in [2.05, 4.69) is 26.7 Å². The summed E-state index contributed by atoms with van der Waals surface area (Å²) in [5, 5.41) is 9.84. The lowest BCUT2D eigenvalue weighted by atomic mass is 9.99. The number of aromatic nitrogens is 5. The number of ether oxygens (including phenoxy) is 3. The predicted molar refractivity (Wildman–Crippen MR) is 115 cm³/mol. The number of rotatable bonds is 6. The molecule has 0 saturated carbocycles. The zero-order valence-electron chi connectivity index (χ0n) is 17.0. The third-order valence-electron chi connectivity index (χ3n) is 5.65. The number of nitrogen functional groups attached to an aromatic ring is 1. The van der Waals surface area contributed by atoms with Gasteiger partial charge in [0.25, 0.3) is 0 Å². The van der Waals surface area contributed by atoms with E-state index in [0.717, 1.165) is 16.3 Å². The first-order chi connectivity index (χ1) is 15.2. The number of fused-ring (bicyclic) bond motifs is 2. The van der Waals surface area contributed by atoms with Gasteiger partial charge in [0.05, 0.1) is 29.1 Å². The maximum atomic E-state index is 6.38. The minimum atomic E-state index is -0.356. The van der Waals surface area contributed by atoms with Crippen molar-refractivity contribution in [1.29, 1.82) is 0 Å². The number of hydrogen-bond donors (Lipinski definition) is 1. The van der Waals surface area contributed by atoms with Crippen LogP contribution >= 0.6 is 0 Å². The molecule has 0 radical (unpaired) electrons. The monoisotopic (exact) mass is 418 g/mol. The van der Waals surface area contributed by atoms with E-state index in [4.69, 9.17) is 19.9 Å². The minimum Gasteiger partial charge on any atom is -0.491 e. The lowest BCUT2D eigenvalue weighted by Crippen LogP contribution is -2.32. The maximum absolute atomic E-state index is 6.38. The van der Waals surface area contributed by atoms with Crippen molar-refractivity contribution in [3.8, 4) is 5.75 Å². The van der Waals surface area contributed by atoms with Crippen LogP contribution in [0.2, 0.25) is 0 Å². The highest BCUT2D eigenvalue weighted by Crippen LogP contribution is 2.39. The predicted octanol–water partition coefficient (Wildman–Crippen LogP) is 2.75. The fourth-order valence-electron chi connectivity index (χ4n) is 4.13. The molecule has 0 aliphatic carbocycles. The Balaban J connectivity index is 1.39. The third-order valence-corrected chi connectivity index (χ3v) is 5.65. The highest BCUT2D eigenvalue weighted by molar-refractivity contribution is 5.86. The first-order valence-electron chi connectivity index (χ1n) is 9.91. The second-order valence-electron chi connectivity index (χ2n) is 7.36. The van der Waals surface area contributed by atoms with Gasteiger partial charge in [-0.2, -0.15) is 10.2 Å². The standard InChI is InChI=1S/C22H22N6O3/c1-3-15-19(29-2)18(11-30-14-5-4-13-6-8-26-27-17(13)10-14)31-22(15)28-9-7-16-20(23)24-12-25-21(16)28/h3-10,12,15,18-19,22H,1,11H2,2H3,(H2,23,24,25)/t15-,18-,19+,22-/m1/s1. The summed E-state index contributed by atoms with van der Waals surface area (Å²) in [4.78, 5) is 8.44. The second kappa shape index (κ2) is 7.93. The summed E-state index contributed by atoms with van der Waals surface area (Å²) in [6, 6.07) is 9.51. The first kappa shape index (κ1) is 19.4. The highest BCUT2D eigenvalue weighted by atomic mass is 16.6. The summed E-state index contributed by atoms with van der Waals surface area (Å²) in [6.07, 6.45) is 5.95. The molecule has 4 atom stereocenters. The molecule has 0 unspecified atom stereocenters. The number of anilines is 1. The van der Waals surface area contributed by atoms with Crippen molar-refractivity contribution in [3.05, 3.63) is 61.7 Å². The topological polar surface area (TPSA) is 110 Å². The van der Waals surface area contributed by atoms with Crippen LogP contribution in [-0.2, 0) is 9.47 Å². The average Bonchev–Trinajstić information content (AvgIpc) is 3.39. The van der Waals surface area contributed by atoms with E-state index in [1.165, 1.54) is 6.33 Å². The van der Waals surface area contributed by atoms with Crippen molar-refractivity contribution in [2.45, 2.75) is 18.4 Å². The average molecular weight is 418 g/mol. The molecule has 31 heavy (non-hydrogen) atoms. The second-order valence-corrected chi connectivity index (χ2v) is 7.36. The largest absolute Gasteiger partial charge is 0.491 e.